The molecule has 25 heavy (non-hydrogen) atoms. The Bertz CT molecular complexity index is 881. The van der Waals surface area contributed by atoms with Gasteiger partial charge in [-0.2, -0.15) is 5.10 Å². The minimum absolute atomic E-state index is 0.429. The van der Waals surface area contributed by atoms with Crippen molar-refractivity contribution in [3.05, 3.63) is 71.8 Å². The van der Waals surface area contributed by atoms with Crippen LogP contribution in [0.1, 0.15) is 23.1 Å². The third kappa shape index (κ3) is 3.52. The zero-order valence-corrected chi connectivity index (χ0v) is 13.9. The van der Waals surface area contributed by atoms with Crippen LogP contribution in [0.4, 0.5) is 5.69 Å². The monoisotopic (exact) mass is 332 g/mol. The van der Waals surface area contributed by atoms with Gasteiger partial charge in [0, 0.05) is 5.69 Å². The molecule has 0 amide bonds. The summed E-state index contributed by atoms with van der Waals surface area (Å²) in [6, 6.07) is 14.4. The van der Waals surface area contributed by atoms with Gasteiger partial charge >= 0.3 is 0 Å². The number of rotatable bonds is 4. The molecule has 4 rings (SSSR count). The van der Waals surface area contributed by atoms with Gasteiger partial charge in [0.1, 0.15) is 12.7 Å². The van der Waals surface area contributed by atoms with E-state index >= 15 is 0 Å². The predicted octanol–water partition coefficient (Wildman–Crippen LogP) is 2.68. The van der Waals surface area contributed by atoms with E-state index in [4.69, 9.17) is 5.73 Å². The molecule has 0 unspecified atom stereocenters. The molecule has 0 spiro atoms. The average Bonchev–Trinajstić information content (AvgIpc) is 3.32. The van der Waals surface area contributed by atoms with Crippen molar-refractivity contribution < 1.29 is 0 Å². The molecule has 0 aliphatic heterocycles. The first kappa shape index (κ1) is 15.4. The lowest BCUT2D eigenvalue weighted by molar-refractivity contribution is 0.877. The number of fused-ring (bicyclic) bond motifs is 1. The fourth-order valence-corrected chi connectivity index (χ4v) is 3.11. The van der Waals surface area contributed by atoms with Crippen molar-refractivity contribution in [1.82, 2.24) is 14.8 Å². The number of aliphatic imine (C=N–C) groups is 1. The summed E-state index contributed by atoms with van der Waals surface area (Å²) in [7, 11) is 0. The first-order valence-electron chi connectivity index (χ1n) is 8.40. The van der Waals surface area contributed by atoms with E-state index in [1.807, 2.05) is 24.3 Å². The van der Waals surface area contributed by atoms with Crippen LogP contribution in [0.25, 0.3) is 5.69 Å². The second-order valence-corrected chi connectivity index (χ2v) is 6.17. The van der Waals surface area contributed by atoms with Crippen LogP contribution >= 0.6 is 0 Å². The Kier molecular flexibility index (Phi) is 4.16. The van der Waals surface area contributed by atoms with Gasteiger partial charge in [0.15, 0.2) is 5.96 Å². The number of hydrogen-bond donors (Lipinski definition) is 2. The summed E-state index contributed by atoms with van der Waals surface area (Å²) in [4.78, 5) is 8.37. The largest absolute Gasteiger partial charge is 0.370 e. The second-order valence-electron chi connectivity index (χ2n) is 6.17. The van der Waals surface area contributed by atoms with Crippen LogP contribution in [0.2, 0.25) is 0 Å². The Morgan fingerprint density at radius 2 is 1.96 bits per heavy atom. The highest BCUT2D eigenvalue weighted by atomic mass is 15.3. The van der Waals surface area contributed by atoms with Crippen molar-refractivity contribution in [2.45, 2.75) is 25.8 Å². The summed E-state index contributed by atoms with van der Waals surface area (Å²) in [5.41, 5.74) is 11.9. The number of anilines is 1. The van der Waals surface area contributed by atoms with E-state index in [1.165, 1.54) is 30.3 Å². The third-order valence-corrected chi connectivity index (χ3v) is 4.42. The molecular weight excluding hydrogens is 312 g/mol. The van der Waals surface area contributed by atoms with Gasteiger partial charge < -0.3 is 11.1 Å². The van der Waals surface area contributed by atoms with Gasteiger partial charge in [0.25, 0.3) is 0 Å². The van der Waals surface area contributed by atoms with Crippen molar-refractivity contribution in [2.24, 2.45) is 10.7 Å². The van der Waals surface area contributed by atoms with Crippen molar-refractivity contribution in [2.75, 3.05) is 5.32 Å². The zero-order valence-electron chi connectivity index (χ0n) is 13.9. The molecule has 0 fully saturated rings. The number of nitrogens with zero attached hydrogens (tertiary/aromatic N) is 4. The van der Waals surface area contributed by atoms with Crippen LogP contribution in [0.15, 0.2) is 60.1 Å². The molecule has 126 valence electrons. The Balaban J connectivity index is 1.39. The van der Waals surface area contributed by atoms with Gasteiger partial charge in [-0.1, -0.05) is 18.2 Å². The predicted molar refractivity (Wildman–Crippen MR) is 98.8 cm³/mol. The maximum absolute atomic E-state index is 6.02. The molecule has 0 bridgehead atoms. The van der Waals surface area contributed by atoms with Gasteiger partial charge in [-0.3, -0.25) is 0 Å². The van der Waals surface area contributed by atoms with Gasteiger partial charge in [-0.15, -0.1) is 0 Å². The fourth-order valence-electron chi connectivity index (χ4n) is 3.11. The summed E-state index contributed by atoms with van der Waals surface area (Å²) in [5.74, 6) is 0.429. The number of aromatic nitrogens is 3. The minimum Gasteiger partial charge on any atom is -0.370 e. The van der Waals surface area contributed by atoms with E-state index in [2.05, 4.69) is 38.6 Å². The molecule has 0 atom stereocenters. The Morgan fingerprint density at radius 1 is 1.12 bits per heavy atom. The number of nitrogens with two attached hydrogens (primary N) is 1. The van der Waals surface area contributed by atoms with E-state index in [0.717, 1.165) is 23.4 Å². The molecule has 6 heteroatoms. The van der Waals surface area contributed by atoms with Crippen LogP contribution in [0.5, 0.6) is 0 Å². The molecule has 1 aromatic heterocycles. The van der Waals surface area contributed by atoms with Crippen LogP contribution in [-0.4, -0.2) is 20.7 Å². The number of aryl methyl sites for hydroxylation is 2. The topological polar surface area (TPSA) is 81.1 Å². The Morgan fingerprint density at radius 3 is 2.76 bits per heavy atom. The van der Waals surface area contributed by atoms with Crippen LogP contribution < -0.4 is 11.1 Å². The molecule has 6 nitrogen and oxygen atoms in total. The number of guanidine groups is 1. The maximum atomic E-state index is 6.02. The van der Waals surface area contributed by atoms with E-state index in [9.17, 15) is 0 Å². The SMILES string of the molecule is NC(=NCc1ccc(-n2cncn2)cc1)Nc1ccc2c(c1)CCC2. The zero-order chi connectivity index (χ0) is 17.1. The lowest BCUT2D eigenvalue weighted by Gasteiger charge is -2.08. The highest BCUT2D eigenvalue weighted by Gasteiger charge is 2.10. The molecule has 2 aromatic carbocycles. The Hall–Kier alpha value is -3.15. The number of benzene rings is 2. The van der Waals surface area contributed by atoms with Gasteiger partial charge in [0.05, 0.1) is 12.2 Å². The molecule has 1 aliphatic carbocycles. The standard InChI is InChI=1S/C19H20N6/c20-19(24-17-7-6-15-2-1-3-16(15)10-17)22-11-14-4-8-18(9-5-14)25-13-21-12-23-25/h4-10,12-13H,1-3,11H2,(H3,20,22,24). The maximum Gasteiger partial charge on any atom is 0.193 e. The quantitative estimate of drug-likeness (QED) is 0.568. The molecular formula is C19H20N6. The van der Waals surface area contributed by atoms with Gasteiger partial charge in [-0.05, 0) is 60.2 Å². The van der Waals surface area contributed by atoms with Crippen molar-refractivity contribution >= 4 is 11.6 Å². The molecule has 1 aliphatic rings. The van der Waals surface area contributed by atoms with Crippen molar-refractivity contribution in [1.29, 1.82) is 0 Å². The van der Waals surface area contributed by atoms with Crippen LogP contribution in [0, 0.1) is 0 Å². The van der Waals surface area contributed by atoms with Gasteiger partial charge in [-0.25, -0.2) is 14.7 Å². The smallest absolute Gasteiger partial charge is 0.193 e. The van der Waals surface area contributed by atoms with Crippen molar-refractivity contribution in [3.63, 3.8) is 0 Å². The van der Waals surface area contributed by atoms with E-state index in [0.29, 0.717) is 12.5 Å². The average molecular weight is 332 g/mol. The number of nitrogens with one attached hydrogen (secondary N) is 1. The Labute approximate surface area is 146 Å². The highest BCUT2D eigenvalue weighted by molar-refractivity contribution is 5.92. The molecule has 1 heterocycles. The highest BCUT2D eigenvalue weighted by Crippen LogP contribution is 2.24. The summed E-state index contributed by atoms with van der Waals surface area (Å²) in [6.45, 7) is 0.529. The first-order valence-corrected chi connectivity index (χ1v) is 8.40. The fraction of sp³-hybridized carbons (Fsp3) is 0.211. The van der Waals surface area contributed by atoms with Crippen molar-refractivity contribution in [3.8, 4) is 5.69 Å². The molecule has 3 aromatic rings. The third-order valence-electron chi connectivity index (χ3n) is 4.42. The second kappa shape index (κ2) is 6.76. The van der Waals surface area contributed by atoms with Crippen LogP contribution in [0.3, 0.4) is 0 Å². The normalized spacial score (nSPS) is 13.7. The lowest BCUT2D eigenvalue weighted by Crippen LogP contribution is -2.22. The molecule has 3 N–H and O–H groups in total. The van der Waals surface area contributed by atoms with E-state index in [1.54, 1.807) is 11.0 Å². The van der Waals surface area contributed by atoms with E-state index < -0.39 is 0 Å². The minimum atomic E-state index is 0.429. The summed E-state index contributed by atoms with van der Waals surface area (Å²) >= 11 is 0. The van der Waals surface area contributed by atoms with E-state index in [-0.39, 0.29) is 0 Å². The number of hydrogen-bond acceptors (Lipinski definition) is 3. The summed E-state index contributed by atoms with van der Waals surface area (Å²) in [6.07, 6.45) is 6.77. The first-order chi connectivity index (χ1) is 12.3. The summed E-state index contributed by atoms with van der Waals surface area (Å²) < 4.78 is 1.72. The van der Waals surface area contributed by atoms with Crippen LogP contribution in [-0.2, 0) is 19.4 Å². The molecule has 0 radical (unpaired) electrons. The van der Waals surface area contributed by atoms with Gasteiger partial charge in [0.2, 0.25) is 0 Å². The molecule has 0 saturated carbocycles. The lowest BCUT2D eigenvalue weighted by atomic mass is 10.1. The molecule has 0 saturated heterocycles. The summed E-state index contributed by atoms with van der Waals surface area (Å²) in [5, 5.41) is 7.29.